The number of halogens is 3. The zero-order chi connectivity index (χ0) is 13.4. The molecule has 0 aliphatic heterocycles. The number of rotatable bonds is 2. The molecule has 0 bridgehead atoms. The van der Waals surface area contributed by atoms with Crippen molar-refractivity contribution >= 4 is 34.0 Å². The maximum absolute atomic E-state index is 13.5. The zero-order valence-electron chi connectivity index (χ0n) is 9.31. The molecule has 0 fully saturated rings. The Morgan fingerprint density at radius 2 is 2.11 bits per heavy atom. The standard InChI is InChI=1S/C11H6ClF2N5/c12-11-15-5-8(13)10(18-11)17-7-1-2-9-6(3-7)4-16-19(9)14/h1-5H,(H,15,17,18). The first-order chi connectivity index (χ1) is 9.13. The van der Waals surface area contributed by atoms with Crippen LogP contribution in [0.4, 0.5) is 20.4 Å². The monoisotopic (exact) mass is 281 g/mol. The Bertz CT molecular complexity index is 758. The highest BCUT2D eigenvalue weighted by atomic mass is 35.5. The third-order valence-electron chi connectivity index (χ3n) is 2.50. The third-order valence-corrected chi connectivity index (χ3v) is 2.68. The van der Waals surface area contributed by atoms with E-state index in [1.165, 1.54) is 12.3 Å². The van der Waals surface area contributed by atoms with Gasteiger partial charge in [-0.05, 0) is 29.8 Å². The number of nitrogens with zero attached hydrogens (tertiary/aromatic N) is 4. The summed E-state index contributed by atoms with van der Waals surface area (Å²) >= 11 is 5.59. The van der Waals surface area contributed by atoms with Gasteiger partial charge in [0, 0.05) is 11.1 Å². The molecule has 0 spiro atoms. The summed E-state index contributed by atoms with van der Waals surface area (Å²) in [5.74, 6) is -0.683. The second-order valence-electron chi connectivity index (χ2n) is 3.74. The largest absolute Gasteiger partial charge is 0.338 e. The molecule has 0 unspecified atom stereocenters. The molecule has 0 aliphatic carbocycles. The van der Waals surface area contributed by atoms with Crippen molar-refractivity contribution in [1.29, 1.82) is 0 Å². The molecule has 8 heteroatoms. The van der Waals surface area contributed by atoms with Gasteiger partial charge in [-0.1, -0.05) is 9.39 Å². The van der Waals surface area contributed by atoms with Crippen molar-refractivity contribution in [2.45, 2.75) is 0 Å². The van der Waals surface area contributed by atoms with E-state index in [1.807, 2.05) is 0 Å². The molecule has 19 heavy (non-hydrogen) atoms. The predicted octanol–water partition coefficient (Wildman–Crippen LogP) is 3.10. The molecule has 2 aromatic heterocycles. The van der Waals surface area contributed by atoms with Gasteiger partial charge in [0.2, 0.25) is 5.28 Å². The highest BCUT2D eigenvalue weighted by molar-refractivity contribution is 6.28. The topological polar surface area (TPSA) is 55.6 Å². The van der Waals surface area contributed by atoms with Crippen LogP contribution in [-0.4, -0.2) is 20.0 Å². The first-order valence-electron chi connectivity index (χ1n) is 5.22. The number of hydrogen-bond donors (Lipinski definition) is 1. The van der Waals surface area contributed by atoms with E-state index in [0.29, 0.717) is 16.6 Å². The summed E-state index contributed by atoms with van der Waals surface area (Å²) in [6.07, 6.45) is 2.33. The number of fused-ring (bicyclic) bond motifs is 1. The minimum atomic E-state index is -0.634. The molecule has 5 nitrogen and oxygen atoms in total. The average Bonchev–Trinajstić information content (AvgIpc) is 2.75. The maximum atomic E-state index is 13.5. The van der Waals surface area contributed by atoms with E-state index in [1.54, 1.807) is 12.1 Å². The second kappa shape index (κ2) is 4.43. The van der Waals surface area contributed by atoms with Crippen LogP contribution in [0, 0.1) is 5.82 Å². The summed E-state index contributed by atoms with van der Waals surface area (Å²) in [7, 11) is 0. The van der Waals surface area contributed by atoms with Crippen molar-refractivity contribution in [3.05, 3.63) is 41.7 Å². The van der Waals surface area contributed by atoms with Gasteiger partial charge in [-0.3, -0.25) is 0 Å². The quantitative estimate of drug-likeness (QED) is 0.733. The third kappa shape index (κ3) is 2.19. The van der Waals surface area contributed by atoms with E-state index < -0.39 is 5.82 Å². The number of nitrogens with one attached hydrogen (secondary N) is 1. The normalized spacial score (nSPS) is 10.9. The molecule has 96 valence electrons. The Morgan fingerprint density at radius 3 is 2.95 bits per heavy atom. The van der Waals surface area contributed by atoms with Gasteiger partial charge in [-0.25, -0.2) is 9.37 Å². The molecular weight excluding hydrogens is 276 g/mol. The van der Waals surface area contributed by atoms with Crippen LogP contribution in [0.5, 0.6) is 0 Å². The Hall–Kier alpha value is -2.28. The van der Waals surface area contributed by atoms with Gasteiger partial charge in [0.05, 0.1) is 12.4 Å². The van der Waals surface area contributed by atoms with E-state index in [2.05, 4.69) is 20.4 Å². The summed E-state index contributed by atoms with van der Waals surface area (Å²) in [4.78, 5) is 7.50. The van der Waals surface area contributed by atoms with E-state index in [4.69, 9.17) is 11.6 Å². The molecule has 0 atom stereocenters. The zero-order valence-corrected chi connectivity index (χ0v) is 10.1. The lowest BCUT2D eigenvalue weighted by molar-refractivity contribution is 0.332. The van der Waals surface area contributed by atoms with Crippen LogP contribution < -0.4 is 5.32 Å². The van der Waals surface area contributed by atoms with Crippen LogP contribution in [0.1, 0.15) is 0 Å². The fourth-order valence-electron chi connectivity index (χ4n) is 1.65. The van der Waals surface area contributed by atoms with E-state index >= 15 is 0 Å². The van der Waals surface area contributed by atoms with Crippen molar-refractivity contribution in [3.63, 3.8) is 0 Å². The van der Waals surface area contributed by atoms with Gasteiger partial charge in [0.15, 0.2) is 11.6 Å². The lowest BCUT2D eigenvalue weighted by atomic mass is 10.2. The summed E-state index contributed by atoms with van der Waals surface area (Å²) in [5.41, 5.74) is 0.862. The highest BCUT2D eigenvalue weighted by Gasteiger charge is 2.08. The van der Waals surface area contributed by atoms with E-state index in [-0.39, 0.29) is 16.0 Å². The van der Waals surface area contributed by atoms with Crippen LogP contribution >= 0.6 is 11.6 Å². The van der Waals surface area contributed by atoms with Crippen LogP contribution in [0.25, 0.3) is 10.9 Å². The average molecular weight is 282 g/mol. The molecule has 1 N–H and O–H groups in total. The van der Waals surface area contributed by atoms with Gasteiger partial charge in [0.25, 0.3) is 0 Å². The van der Waals surface area contributed by atoms with Crippen molar-refractivity contribution < 1.29 is 8.87 Å². The summed E-state index contributed by atoms with van der Waals surface area (Å²) in [5, 5.41) is 6.73. The van der Waals surface area contributed by atoms with Crippen molar-refractivity contribution in [2.75, 3.05) is 5.32 Å². The Labute approximate surface area is 110 Å². The lowest BCUT2D eigenvalue weighted by Gasteiger charge is -2.06. The SMILES string of the molecule is Fc1cnc(Cl)nc1Nc1ccc2c(cnn2F)c1. The summed E-state index contributed by atoms with van der Waals surface area (Å²) in [6, 6.07) is 4.72. The van der Waals surface area contributed by atoms with E-state index in [9.17, 15) is 8.87 Å². The number of aromatic nitrogens is 4. The number of benzene rings is 1. The van der Waals surface area contributed by atoms with Gasteiger partial charge in [0.1, 0.15) is 5.52 Å². The number of hydrogen-bond acceptors (Lipinski definition) is 4. The van der Waals surface area contributed by atoms with Gasteiger partial charge < -0.3 is 5.32 Å². The minimum Gasteiger partial charge on any atom is -0.338 e. The Balaban J connectivity index is 1.98. The first kappa shape index (κ1) is 11.8. The molecule has 0 aliphatic rings. The fourth-order valence-corrected chi connectivity index (χ4v) is 1.78. The predicted molar refractivity (Wildman–Crippen MR) is 66.5 cm³/mol. The molecule has 1 aromatic carbocycles. The van der Waals surface area contributed by atoms with Crippen LogP contribution in [0.3, 0.4) is 0 Å². The van der Waals surface area contributed by atoms with Crippen LogP contribution in [0.2, 0.25) is 5.28 Å². The van der Waals surface area contributed by atoms with Gasteiger partial charge in [-0.2, -0.15) is 4.98 Å². The van der Waals surface area contributed by atoms with Crippen molar-refractivity contribution in [3.8, 4) is 0 Å². The lowest BCUT2D eigenvalue weighted by Crippen LogP contribution is -1.98. The van der Waals surface area contributed by atoms with Crippen molar-refractivity contribution in [1.82, 2.24) is 20.0 Å². The van der Waals surface area contributed by atoms with Crippen LogP contribution in [0.15, 0.2) is 30.6 Å². The molecule has 3 rings (SSSR count). The van der Waals surface area contributed by atoms with E-state index in [0.717, 1.165) is 6.20 Å². The molecule has 3 aromatic rings. The highest BCUT2D eigenvalue weighted by Crippen LogP contribution is 2.23. The molecule has 0 saturated carbocycles. The number of anilines is 2. The molecule has 0 radical (unpaired) electrons. The van der Waals surface area contributed by atoms with Gasteiger partial charge >= 0.3 is 0 Å². The maximum Gasteiger partial charge on any atom is 0.224 e. The molecule has 0 saturated heterocycles. The minimum absolute atomic E-state index is 0.0491. The summed E-state index contributed by atoms with van der Waals surface area (Å²) in [6.45, 7) is 0. The second-order valence-corrected chi connectivity index (χ2v) is 4.08. The van der Waals surface area contributed by atoms with Crippen LogP contribution in [-0.2, 0) is 0 Å². The molecule has 0 amide bonds. The first-order valence-corrected chi connectivity index (χ1v) is 5.60. The molecular formula is C11H6ClF2N5. The molecule has 2 heterocycles. The van der Waals surface area contributed by atoms with Gasteiger partial charge in [-0.15, -0.1) is 5.10 Å². The van der Waals surface area contributed by atoms with Crippen molar-refractivity contribution in [2.24, 2.45) is 0 Å². The summed E-state index contributed by atoms with van der Waals surface area (Å²) < 4.78 is 26.6. The smallest absolute Gasteiger partial charge is 0.224 e. The fraction of sp³-hybridized carbons (Fsp3) is 0. The Morgan fingerprint density at radius 1 is 1.26 bits per heavy atom. The Kier molecular flexibility index (Phi) is 2.75.